The lowest BCUT2D eigenvalue weighted by Crippen LogP contribution is -2.52. The number of amides is 2. The number of nitrogens with zero attached hydrogens (tertiary/aromatic N) is 2. The second kappa shape index (κ2) is 14.1. The highest BCUT2D eigenvalue weighted by molar-refractivity contribution is 6.43. The molecule has 1 heterocycles. The predicted octanol–water partition coefficient (Wildman–Crippen LogP) is 5.70. The Bertz CT molecular complexity index is 1600. The van der Waals surface area contributed by atoms with Gasteiger partial charge in [0.05, 0.1) is 18.2 Å². The number of hydrogen-bond acceptors (Lipinski definition) is 6. The van der Waals surface area contributed by atoms with Crippen LogP contribution >= 0.6 is 0 Å². The lowest BCUT2D eigenvalue weighted by molar-refractivity contribution is -0.137. The van der Waals surface area contributed by atoms with Gasteiger partial charge in [-0.1, -0.05) is 43.3 Å². The van der Waals surface area contributed by atoms with Crippen molar-refractivity contribution in [3.63, 3.8) is 0 Å². The number of carbonyl (C=O) groups is 4. The van der Waals surface area contributed by atoms with Crippen molar-refractivity contribution in [3.05, 3.63) is 101 Å². The first-order valence-corrected chi connectivity index (χ1v) is 15.8. The van der Waals surface area contributed by atoms with Crippen molar-refractivity contribution >= 4 is 29.1 Å². The molecule has 0 bridgehead atoms. The van der Waals surface area contributed by atoms with E-state index in [0.717, 1.165) is 30.5 Å². The van der Waals surface area contributed by atoms with Gasteiger partial charge in [-0.3, -0.25) is 19.2 Å². The standard InChI is InChI=1S/C36H38F3N3O5/c1-3-32(44)33(45)24-6-4-23(5-7-24)30(21-43)40-34(46)25-10-15-29(16-11-25)42-20-26(22-8-13-27(14-9-22)36(37,38)39)12-19-31(42)35(47)41(2)28-17-18-28/h4-11,13-16,26,28,30-31,43H,3,12,17-21H2,1-2H3,(H,40,46)/t26?,30-,31-/m0/s1. The normalized spacial score (nSPS) is 18.7. The van der Waals surface area contributed by atoms with Gasteiger partial charge in [-0.25, -0.2) is 0 Å². The third-order valence-electron chi connectivity index (χ3n) is 9.12. The molecule has 5 rings (SSSR count). The molecule has 1 aliphatic heterocycles. The monoisotopic (exact) mass is 649 g/mol. The van der Waals surface area contributed by atoms with Gasteiger partial charge in [-0.2, -0.15) is 13.2 Å². The molecule has 1 saturated carbocycles. The van der Waals surface area contributed by atoms with Crippen LogP contribution in [0, 0.1) is 0 Å². The number of hydrogen-bond donors (Lipinski definition) is 2. The van der Waals surface area contributed by atoms with E-state index in [9.17, 15) is 37.5 Å². The molecular weight excluding hydrogens is 611 g/mol. The van der Waals surface area contributed by atoms with Crippen LogP contribution in [0.25, 0.3) is 0 Å². The van der Waals surface area contributed by atoms with Gasteiger partial charge in [0.2, 0.25) is 17.5 Å². The van der Waals surface area contributed by atoms with Crippen LogP contribution < -0.4 is 10.2 Å². The van der Waals surface area contributed by atoms with Crippen LogP contribution in [0.3, 0.4) is 0 Å². The Kier molecular flexibility index (Phi) is 10.1. The van der Waals surface area contributed by atoms with Crippen LogP contribution in [-0.2, 0) is 15.8 Å². The van der Waals surface area contributed by atoms with Crippen LogP contribution in [0.2, 0.25) is 0 Å². The first-order valence-electron chi connectivity index (χ1n) is 15.8. The molecule has 248 valence electrons. The molecule has 1 unspecified atom stereocenters. The molecule has 1 saturated heterocycles. The van der Waals surface area contributed by atoms with Crippen molar-refractivity contribution in [1.29, 1.82) is 0 Å². The van der Waals surface area contributed by atoms with E-state index < -0.39 is 47.9 Å². The molecule has 3 atom stereocenters. The fourth-order valence-corrected chi connectivity index (χ4v) is 6.07. The summed E-state index contributed by atoms with van der Waals surface area (Å²) in [6, 6.07) is 17.1. The second-order valence-corrected chi connectivity index (χ2v) is 12.2. The fraction of sp³-hybridized carbons (Fsp3) is 0.389. The zero-order valence-electron chi connectivity index (χ0n) is 26.3. The van der Waals surface area contributed by atoms with Gasteiger partial charge in [-0.15, -0.1) is 0 Å². The molecule has 1 aliphatic carbocycles. The summed E-state index contributed by atoms with van der Waals surface area (Å²) in [4.78, 5) is 54.4. The van der Waals surface area contributed by atoms with E-state index in [-0.39, 0.29) is 29.9 Å². The lowest BCUT2D eigenvalue weighted by Gasteiger charge is -2.42. The Balaban J connectivity index is 1.32. The average Bonchev–Trinajstić information content (AvgIpc) is 3.95. The number of anilines is 1. The number of benzene rings is 3. The number of ketones is 2. The summed E-state index contributed by atoms with van der Waals surface area (Å²) >= 11 is 0. The topological polar surface area (TPSA) is 107 Å². The molecular formula is C36H38F3N3O5. The Labute approximate surface area is 271 Å². The lowest BCUT2D eigenvalue weighted by atomic mass is 9.86. The van der Waals surface area contributed by atoms with Crippen molar-refractivity contribution in [3.8, 4) is 0 Å². The number of halogens is 3. The third kappa shape index (κ3) is 7.73. The molecule has 2 fully saturated rings. The van der Waals surface area contributed by atoms with E-state index in [4.69, 9.17) is 0 Å². The predicted molar refractivity (Wildman–Crippen MR) is 170 cm³/mol. The van der Waals surface area contributed by atoms with E-state index in [1.807, 2.05) is 4.90 Å². The molecule has 0 radical (unpaired) electrons. The summed E-state index contributed by atoms with van der Waals surface area (Å²) in [5, 5.41) is 12.8. The zero-order valence-corrected chi connectivity index (χ0v) is 26.3. The van der Waals surface area contributed by atoms with Crippen LogP contribution in [0.1, 0.15) is 88.4 Å². The Morgan fingerprint density at radius 1 is 0.894 bits per heavy atom. The molecule has 2 aliphatic rings. The van der Waals surface area contributed by atoms with Gasteiger partial charge in [0.15, 0.2) is 0 Å². The van der Waals surface area contributed by atoms with Crippen molar-refractivity contribution < 1.29 is 37.5 Å². The van der Waals surface area contributed by atoms with Crippen LogP contribution in [0.15, 0.2) is 72.8 Å². The van der Waals surface area contributed by atoms with Crippen LogP contribution in [0.4, 0.5) is 18.9 Å². The summed E-state index contributed by atoms with van der Waals surface area (Å²) in [6.07, 6.45) is -1.23. The Hall–Kier alpha value is -4.51. The molecule has 2 N–H and O–H groups in total. The summed E-state index contributed by atoms with van der Waals surface area (Å²) < 4.78 is 39.5. The molecule has 0 spiro atoms. The quantitative estimate of drug-likeness (QED) is 0.204. The molecule has 0 aromatic heterocycles. The first-order chi connectivity index (χ1) is 22.4. The highest BCUT2D eigenvalue weighted by Crippen LogP contribution is 2.37. The number of aliphatic hydroxyl groups excluding tert-OH is 1. The number of alkyl halides is 3. The van der Waals surface area contributed by atoms with Crippen molar-refractivity contribution in [2.75, 3.05) is 25.1 Å². The molecule has 3 aromatic rings. The maximum atomic E-state index is 13.6. The summed E-state index contributed by atoms with van der Waals surface area (Å²) in [5.74, 6) is -1.63. The molecule has 3 aromatic carbocycles. The van der Waals surface area contributed by atoms with Gasteiger partial charge in [0.1, 0.15) is 6.04 Å². The number of carbonyl (C=O) groups excluding carboxylic acids is 4. The number of likely N-dealkylation sites (N-methyl/N-ethyl adjacent to an activating group) is 1. The van der Waals surface area contributed by atoms with E-state index >= 15 is 0 Å². The van der Waals surface area contributed by atoms with E-state index in [1.165, 1.54) is 24.3 Å². The zero-order chi connectivity index (χ0) is 33.9. The Morgan fingerprint density at radius 2 is 1.51 bits per heavy atom. The minimum atomic E-state index is -4.42. The summed E-state index contributed by atoms with van der Waals surface area (Å²) in [7, 11) is 1.81. The van der Waals surface area contributed by atoms with Crippen molar-refractivity contribution in [2.24, 2.45) is 0 Å². The van der Waals surface area contributed by atoms with Crippen LogP contribution in [-0.4, -0.2) is 65.7 Å². The number of nitrogens with one attached hydrogen (secondary N) is 1. The minimum Gasteiger partial charge on any atom is -0.394 e. The van der Waals surface area contributed by atoms with Crippen molar-refractivity contribution in [2.45, 2.75) is 69.2 Å². The smallest absolute Gasteiger partial charge is 0.394 e. The SMILES string of the molecule is CCC(=O)C(=O)c1ccc([C@H](CO)NC(=O)c2ccc(N3CC(c4ccc(C(F)(F)F)cc4)CC[C@H]3C(=O)N(C)C3CC3)cc2)cc1. The van der Waals surface area contributed by atoms with Gasteiger partial charge in [-0.05, 0) is 73.2 Å². The summed E-state index contributed by atoms with van der Waals surface area (Å²) in [6.45, 7) is 1.62. The average molecular weight is 650 g/mol. The number of rotatable bonds is 11. The molecule has 11 heteroatoms. The van der Waals surface area contributed by atoms with Gasteiger partial charge < -0.3 is 20.2 Å². The summed E-state index contributed by atoms with van der Waals surface area (Å²) in [5.41, 5.74) is 1.88. The first kappa shape index (κ1) is 33.8. The number of aliphatic hydroxyl groups is 1. The fourth-order valence-electron chi connectivity index (χ4n) is 6.07. The third-order valence-corrected chi connectivity index (χ3v) is 9.12. The molecule has 8 nitrogen and oxygen atoms in total. The highest BCUT2D eigenvalue weighted by atomic mass is 19.4. The Morgan fingerprint density at radius 3 is 2.06 bits per heavy atom. The van der Waals surface area contributed by atoms with Gasteiger partial charge >= 0.3 is 6.18 Å². The minimum absolute atomic E-state index is 0.00208. The number of piperidine rings is 1. The number of Topliss-reactive ketones (excluding diaryl/α,β-unsaturated/α-hetero) is 2. The molecule has 2 amide bonds. The maximum absolute atomic E-state index is 13.6. The van der Waals surface area contributed by atoms with E-state index in [1.54, 1.807) is 55.3 Å². The van der Waals surface area contributed by atoms with Gasteiger partial charge in [0.25, 0.3) is 5.91 Å². The molecule has 47 heavy (non-hydrogen) atoms. The van der Waals surface area contributed by atoms with Gasteiger partial charge in [0, 0.05) is 48.8 Å². The second-order valence-electron chi connectivity index (χ2n) is 12.2. The van der Waals surface area contributed by atoms with E-state index in [0.29, 0.717) is 36.2 Å². The van der Waals surface area contributed by atoms with Crippen molar-refractivity contribution in [1.82, 2.24) is 10.2 Å². The maximum Gasteiger partial charge on any atom is 0.416 e. The van der Waals surface area contributed by atoms with E-state index in [2.05, 4.69) is 5.32 Å². The largest absolute Gasteiger partial charge is 0.416 e. The highest BCUT2D eigenvalue weighted by Gasteiger charge is 2.39. The van der Waals surface area contributed by atoms with Crippen LogP contribution in [0.5, 0.6) is 0 Å².